The Morgan fingerprint density at radius 1 is 1.60 bits per heavy atom. The third-order valence-corrected chi connectivity index (χ3v) is 1.53. The quantitative estimate of drug-likeness (QED) is 0.653. The Morgan fingerprint density at radius 2 is 2.60 bits per heavy atom. The van der Waals surface area contributed by atoms with Crippen molar-refractivity contribution in [3.05, 3.63) is 17.9 Å². The van der Waals surface area contributed by atoms with E-state index >= 15 is 0 Å². The molecular weight excluding hydrogens is 148 g/mol. The molecule has 0 fully saturated rings. The highest BCUT2D eigenvalue weighted by Crippen LogP contribution is 2.11. The van der Waals surface area contributed by atoms with Gasteiger partial charge in [0.2, 0.25) is 0 Å². The van der Waals surface area contributed by atoms with Crippen LogP contribution >= 0.6 is 11.5 Å². The van der Waals surface area contributed by atoms with Crippen LogP contribution in [0.15, 0.2) is 11.7 Å². The zero-order chi connectivity index (χ0) is 6.81. The van der Waals surface area contributed by atoms with Gasteiger partial charge >= 0.3 is 0 Å². The summed E-state index contributed by atoms with van der Waals surface area (Å²) in [6.45, 7) is 0. The maximum Gasteiger partial charge on any atom is 0.176 e. The first-order valence-electron chi connectivity index (χ1n) is 2.65. The number of aromatic nitrogens is 4. The van der Waals surface area contributed by atoms with E-state index < -0.39 is 0 Å². The van der Waals surface area contributed by atoms with E-state index in [0.29, 0.717) is 5.82 Å². The molecule has 0 unspecified atom stereocenters. The van der Waals surface area contributed by atoms with Crippen LogP contribution < -0.4 is 0 Å². The predicted octanol–water partition coefficient (Wildman–Crippen LogP) is 0.728. The minimum absolute atomic E-state index is 0.679. The number of rotatable bonds is 1. The first-order valence-corrected chi connectivity index (χ1v) is 3.48. The van der Waals surface area contributed by atoms with Crippen molar-refractivity contribution in [3.63, 3.8) is 0 Å². The Hall–Kier alpha value is -1.23. The van der Waals surface area contributed by atoms with Gasteiger partial charge in [0.1, 0.15) is 11.7 Å². The third kappa shape index (κ3) is 0.801. The van der Waals surface area contributed by atoms with Gasteiger partial charge in [0, 0.05) is 6.20 Å². The van der Waals surface area contributed by atoms with E-state index in [4.69, 9.17) is 0 Å². The summed E-state index contributed by atoms with van der Waals surface area (Å²) in [5.41, 5.74) is 2.48. The molecule has 0 bridgehead atoms. The summed E-state index contributed by atoms with van der Waals surface area (Å²) in [5, 5.41) is 6.29. The molecule has 2 aromatic rings. The van der Waals surface area contributed by atoms with Crippen molar-refractivity contribution in [2.45, 2.75) is 0 Å². The van der Waals surface area contributed by atoms with Crippen molar-refractivity contribution >= 4 is 11.5 Å². The van der Waals surface area contributed by atoms with E-state index in [9.17, 15) is 0 Å². The molecule has 0 spiro atoms. The van der Waals surface area contributed by atoms with Gasteiger partial charge in [0.25, 0.3) is 0 Å². The van der Waals surface area contributed by atoms with E-state index in [1.165, 1.54) is 11.5 Å². The number of nitrogens with zero attached hydrogens (tertiary/aromatic N) is 3. The fourth-order valence-electron chi connectivity index (χ4n) is 0.625. The van der Waals surface area contributed by atoms with Crippen LogP contribution in [-0.4, -0.2) is 19.6 Å². The number of hydrogen-bond donors (Lipinski definition) is 1. The van der Waals surface area contributed by atoms with Gasteiger partial charge in [-0.15, -0.1) is 0 Å². The van der Waals surface area contributed by atoms with Gasteiger partial charge in [-0.3, -0.25) is 5.10 Å². The summed E-state index contributed by atoms with van der Waals surface area (Å²) in [5.74, 6) is 0.679. The SMILES string of the molecule is [c]1n[nH]cc1-c1ncsn1. The van der Waals surface area contributed by atoms with Gasteiger partial charge in [0.05, 0.1) is 5.56 Å². The summed E-state index contributed by atoms with van der Waals surface area (Å²) < 4.78 is 4.00. The Balaban J connectivity index is 2.48. The molecule has 0 aliphatic rings. The van der Waals surface area contributed by atoms with Crippen molar-refractivity contribution in [1.29, 1.82) is 0 Å². The highest BCUT2D eigenvalue weighted by Gasteiger charge is 2.00. The third-order valence-electron chi connectivity index (χ3n) is 1.05. The predicted molar refractivity (Wildman–Crippen MR) is 36.3 cm³/mol. The molecule has 2 rings (SSSR count). The van der Waals surface area contributed by atoms with Crippen LogP contribution in [0.5, 0.6) is 0 Å². The molecule has 0 saturated carbocycles. The van der Waals surface area contributed by atoms with Gasteiger partial charge in [-0.25, -0.2) is 4.98 Å². The Bertz CT molecular complexity index is 253. The zero-order valence-electron chi connectivity index (χ0n) is 4.90. The summed E-state index contributed by atoms with van der Waals surface area (Å²) in [7, 11) is 0. The first kappa shape index (κ1) is 5.55. The summed E-state index contributed by atoms with van der Waals surface area (Å²) in [4.78, 5) is 3.97. The van der Waals surface area contributed by atoms with Gasteiger partial charge in [-0.1, -0.05) is 0 Å². The molecule has 0 aromatic carbocycles. The van der Waals surface area contributed by atoms with Crippen LogP contribution in [0.3, 0.4) is 0 Å². The maximum atomic E-state index is 4.00. The van der Waals surface area contributed by atoms with Crippen molar-refractivity contribution in [2.75, 3.05) is 0 Å². The number of hydrogen-bond acceptors (Lipinski definition) is 4. The summed E-state index contributed by atoms with van der Waals surface area (Å²) in [6, 6.07) is 0. The molecule has 2 aromatic heterocycles. The Labute approximate surface area is 61.1 Å². The molecule has 0 saturated heterocycles. The normalized spacial score (nSPS) is 10.0. The van der Waals surface area contributed by atoms with Crippen LogP contribution in [-0.2, 0) is 0 Å². The molecule has 0 atom stereocenters. The smallest absolute Gasteiger partial charge is 0.176 e. The van der Waals surface area contributed by atoms with Gasteiger partial charge < -0.3 is 0 Å². The molecule has 1 radical (unpaired) electrons. The van der Waals surface area contributed by atoms with Crippen molar-refractivity contribution in [2.24, 2.45) is 0 Å². The Kier molecular flexibility index (Phi) is 1.21. The molecule has 0 aliphatic carbocycles. The molecule has 5 heteroatoms. The molecule has 49 valence electrons. The molecule has 2 heterocycles. The topological polar surface area (TPSA) is 54.5 Å². The molecular formula is C5H3N4S. The number of aromatic amines is 1. The van der Waals surface area contributed by atoms with E-state index in [0.717, 1.165) is 5.56 Å². The lowest BCUT2D eigenvalue weighted by molar-refractivity contribution is 1.08. The second-order valence-electron chi connectivity index (χ2n) is 1.67. The lowest BCUT2D eigenvalue weighted by atomic mass is 10.3. The van der Waals surface area contributed by atoms with Crippen LogP contribution in [0.2, 0.25) is 0 Å². The number of H-pyrrole nitrogens is 1. The molecule has 0 amide bonds. The van der Waals surface area contributed by atoms with E-state index in [1.807, 2.05) is 0 Å². The van der Waals surface area contributed by atoms with Crippen LogP contribution in [0.4, 0.5) is 0 Å². The molecule has 0 aliphatic heterocycles. The van der Waals surface area contributed by atoms with Gasteiger partial charge in [-0.2, -0.15) is 9.47 Å². The lowest BCUT2D eigenvalue weighted by Gasteiger charge is -1.79. The highest BCUT2D eigenvalue weighted by molar-refractivity contribution is 7.03. The van der Waals surface area contributed by atoms with Crippen LogP contribution in [0, 0.1) is 6.20 Å². The van der Waals surface area contributed by atoms with E-state index in [1.54, 1.807) is 11.7 Å². The Morgan fingerprint density at radius 3 is 3.20 bits per heavy atom. The largest absolute Gasteiger partial charge is 0.284 e. The fourth-order valence-corrected chi connectivity index (χ4v) is 1.06. The minimum atomic E-state index is 0.679. The van der Waals surface area contributed by atoms with E-state index in [-0.39, 0.29) is 0 Å². The minimum Gasteiger partial charge on any atom is -0.284 e. The lowest BCUT2D eigenvalue weighted by Crippen LogP contribution is -1.73. The second kappa shape index (κ2) is 2.18. The number of nitrogens with one attached hydrogen (secondary N) is 1. The standard InChI is InChI=1S/C5H3N4S/c1-4(2-8-7-1)5-6-3-10-9-5/h1,3H,(H,7,8). The van der Waals surface area contributed by atoms with Gasteiger partial charge in [-0.05, 0) is 11.5 Å². The van der Waals surface area contributed by atoms with Gasteiger partial charge in [0.15, 0.2) is 5.82 Å². The monoisotopic (exact) mass is 151 g/mol. The molecule has 4 nitrogen and oxygen atoms in total. The average molecular weight is 151 g/mol. The fraction of sp³-hybridized carbons (Fsp3) is 0. The maximum absolute atomic E-state index is 4.00. The van der Waals surface area contributed by atoms with Crippen LogP contribution in [0.1, 0.15) is 0 Å². The zero-order valence-corrected chi connectivity index (χ0v) is 5.72. The van der Waals surface area contributed by atoms with Crippen molar-refractivity contribution in [1.82, 2.24) is 19.6 Å². The van der Waals surface area contributed by atoms with E-state index in [2.05, 4.69) is 25.8 Å². The van der Waals surface area contributed by atoms with Crippen molar-refractivity contribution < 1.29 is 0 Å². The average Bonchev–Trinajstić information content (AvgIpc) is 2.59. The van der Waals surface area contributed by atoms with Crippen LogP contribution in [0.25, 0.3) is 11.4 Å². The van der Waals surface area contributed by atoms with Crippen molar-refractivity contribution in [3.8, 4) is 11.4 Å². The summed E-state index contributed by atoms with van der Waals surface area (Å²) in [6.07, 6.45) is 4.43. The molecule has 1 N–H and O–H groups in total. The first-order chi connectivity index (χ1) is 4.97. The summed E-state index contributed by atoms with van der Waals surface area (Å²) >= 11 is 1.32. The second-order valence-corrected chi connectivity index (χ2v) is 2.27. The molecule has 10 heavy (non-hydrogen) atoms. The highest BCUT2D eigenvalue weighted by atomic mass is 32.1.